The van der Waals surface area contributed by atoms with Crippen LogP contribution < -0.4 is 0 Å². The number of hydrogen-bond acceptors (Lipinski definition) is 1. The van der Waals surface area contributed by atoms with Gasteiger partial charge in [0.1, 0.15) is 5.78 Å². The van der Waals surface area contributed by atoms with E-state index < -0.39 is 0 Å². The third-order valence-electron chi connectivity index (χ3n) is 3.86. The molecule has 18 heavy (non-hydrogen) atoms. The van der Waals surface area contributed by atoms with Crippen LogP contribution in [0.2, 0.25) is 0 Å². The Balaban J connectivity index is 1.94. The van der Waals surface area contributed by atoms with Crippen molar-refractivity contribution >= 4 is 5.78 Å². The highest BCUT2D eigenvalue weighted by Crippen LogP contribution is 2.60. The highest BCUT2D eigenvalue weighted by molar-refractivity contribution is 5.85. The van der Waals surface area contributed by atoms with E-state index in [0.29, 0.717) is 17.6 Å². The van der Waals surface area contributed by atoms with Gasteiger partial charge in [0.2, 0.25) is 0 Å². The van der Waals surface area contributed by atoms with E-state index in [4.69, 9.17) is 0 Å². The molecule has 2 aromatic rings. The molecule has 0 N–H and O–H groups in total. The number of ketones is 1. The lowest BCUT2D eigenvalue weighted by Crippen LogP contribution is -1.95. The topological polar surface area (TPSA) is 17.1 Å². The lowest BCUT2D eigenvalue weighted by molar-refractivity contribution is -0.118. The summed E-state index contributed by atoms with van der Waals surface area (Å²) in [5, 5.41) is 0. The second-order valence-corrected chi connectivity index (χ2v) is 5.01. The van der Waals surface area contributed by atoms with Crippen molar-refractivity contribution in [2.45, 2.75) is 18.8 Å². The van der Waals surface area contributed by atoms with Gasteiger partial charge < -0.3 is 0 Å². The van der Waals surface area contributed by atoms with Gasteiger partial charge in [-0.25, -0.2) is 0 Å². The molecule has 1 heteroatoms. The maximum atomic E-state index is 11.8. The first kappa shape index (κ1) is 11.2. The first-order valence-corrected chi connectivity index (χ1v) is 6.39. The Hall–Kier alpha value is -1.89. The van der Waals surface area contributed by atoms with E-state index >= 15 is 0 Å². The Labute approximate surface area is 107 Å². The molecule has 2 aromatic carbocycles. The van der Waals surface area contributed by atoms with Crippen LogP contribution in [0, 0.1) is 5.92 Å². The summed E-state index contributed by atoms with van der Waals surface area (Å²) in [4.78, 5) is 11.8. The van der Waals surface area contributed by atoms with Crippen LogP contribution >= 0.6 is 0 Å². The molecular formula is C17H16O. The summed E-state index contributed by atoms with van der Waals surface area (Å²) < 4.78 is 0. The number of carbonyl (C=O) groups excluding carboxylic acids is 1. The van der Waals surface area contributed by atoms with Gasteiger partial charge in [-0.3, -0.25) is 4.79 Å². The van der Waals surface area contributed by atoms with Gasteiger partial charge in [-0.05, 0) is 18.1 Å². The SMILES string of the molecule is CC(=O)C1C(c2ccccc2)[C@H]1c1ccccc1. The second-order valence-electron chi connectivity index (χ2n) is 5.01. The standard InChI is InChI=1S/C17H16O/c1-12(18)15-16(13-8-4-2-5-9-13)17(15)14-10-6-3-7-11-14/h2-11,15-17H,1H3/t15?,16-,17?/m0/s1. The van der Waals surface area contributed by atoms with Crippen molar-refractivity contribution in [3.8, 4) is 0 Å². The molecule has 2 unspecified atom stereocenters. The highest BCUT2D eigenvalue weighted by Gasteiger charge is 2.54. The number of hydrogen-bond donors (Lipinski definition) is 0. The van der Waals surface area contributed by atoms with Crippen molar-refractivity contribution < 1.29 is 4.79 Å². The van der Waals surface area contributed by atoms with Gasteiger partial charge in [-0.2, -0.15) is 0 Å². The van der Waals surface area contributed by atoms with E-state index in [-0.39, 0.29) is 5.92 Å². The summed E-state index contributed by atoms with van der Waals surface area (Å²) in [5.74, 6) is 1.20. The maximum absolute atomic E-state index is 11.8. The van der Waals surface area contributed by atoms with Crippen LogP contribution in [0.15, 0.2) is 60.7 Å². The molecular weight excluding hydrogens is 220 g/mol. The zero-order valence-corrected chi connectivity index (χ0v) is 10.4. The molecule has 0 heterocycles. The molecule has 90 valence electrons. The molecule has 1 saturated carbocycles. The largest absolute Gasteiger partial charge is 0.300 e. The molecule has 3 rings (SSSR count). The number of rotatable bonds is 3. The Morgan fingerprint density at radius 3 is 1.50 bits per heavy atom. The van der Waals surface area contributed by atoms with E-state index in [9.17, 15) is 4.79 Å². The van der Waals surface area contributed by atoms with Crippen LogP contribution in [0.5, 0.6) is 0 Å². The van der Waals surface area contributed by atoms with Gasteiger partial charge >= 0.3 is 0 Å². The third-order valence-corrected chi connectivity index (χ3v) is 3.86. The van der Waals surface area contributed by atoms with Gasteiger partial charge in [0.05, 0.1) is 0 Å². The summed E-state index contributed by atoms with van der Waals surface area (Å²) in [7, 11) is 0. The summed E-state index contributed by atoms with van der Waals surface area (Å²) in [6.45, 7) is 1.71. The lowest BCUT2D eigenvalue weighted by Gasteiger charge is -2.00. The average Bonchev–Trinajstić information content (AvgIpc) is 3.16. The predicted octanol–water partition coefficient (Wildman–Crippen LogP) is 3.77. The fraction of sp³-hybridized carbons (Fsp3) is 0.235. The minimum absolute atomic E-state index is 0.162. The zero-order valence-electron chi connectivity index (χ0n) is 10.4. The molecule has 0 bridgehead atoms. The first-order chi connectivity index (χ1) is 8.79. The number of Topliss-reactive ketones (excluding diaryl/α,β-unsaturated/α-hetero) is 1. The van der Waals surface area contributed by atoms with Crippen LogP contribution in [0.1, 0.15) is 29.9 Å². The lowest BCUT2D eigenvalue weighted by atomic mass is 10.0. The van der Waals surface area contributed by atoms with Gasteiger partial charge in [-0.15, -0.1) is 0 Å². The van der Waals surface area contributed by atoms with Crippen molar-refractivity contribution in [2.75, 3.05) is 0 Å². The fourth-order valence-corrected chi connectivity index (χ4v) is 3.00. The molecule has 1 aliphatic carbocycles. The van der Waals surface area contributed by atoms with Crippen LogP contribution in [-0.2, 0) is 4.79 Å². The van der Waals surface area contributed by atoms with Crippen molar-refractivity contribution in [1.29, 1.82) is 0 Å². The molecule has 1 fully saturated rings. The van der Waals surface area contributed by atoms with Crippen molar-refractivity contribution in [3.05, 3.63) is 71.8 Å². The normalized spacial score (nSPS) is 25.7. The van der Waals surface area contributed by atoms with Crippen LogP contribution in [0.4, 0.5) is 0 Å². The molecule has 1 aliphatic rings. The minimum Gasteiger partial charge on any atom is -0.300 e. The summed E-state index contributed by atoms with van der Waals surface area (Å²) >= 11 is 0. The van der Waals surface area contributed by atoms with Crippen LogP contribution in [0.3, 0.4) is 0 Å². The molecule has 0 radical (unpaired) electrons. The first-order valence-electron chi connectivity index (χ1n) is 6.39. The van der Waals surface area contributed by atoms with Gasteiger partial charge in [0.25, 0.3) is 0 Å². The molecule has 3 atom stereocenters. The zero-order chi connectivity index (χ0) is 12.5. The Kier molecular flexibility index (Phi) is 2.75. The van der Waals surface area contributed by atoms with Crippen LogP contribution in [0.25, 0.3) is 0 Å². The minimum atomic E-state index is 0.162. The van der Waals surface area contributed by atoms with Gasteiger partial charge in [-0.1, -0.05) is 60.7 Å². The molecule has 0 amide bonds. The van der Waals surface area contributed by atoms with E-state index in [2.05, 4.69) is 24.3 Å². The summed E-state index contributed by atoms with van der Waals surface area (Å²) in [5.41, 5.74) is 2.57. The molecule has 0 spiro atoms. The molecule has 0 saturated heterocycles. The highest BCUT2D eigenvalue weighted by atomic mass is 16.1. The maximum Gasteiger partial charge on any atom is 0.134 e. The Morgan fingerprint density at radius 1 is 0.778 bits per heavy atom. The molecule has 0 aliphatic heterocycles. The van der Waals surface area contributed by atoms with Crippen molar-refractivity contribution in [2.24, 2.45) is 5.92 Å². The molecule has 1 nitrogen and oxygen atoms in total. The quantitative estimate of drug-likeness (QED) is 0.792. The van der Waals surface area contributed by atoms with E-state index in [1.54, 1.807) is 6.92 Å². The second kappa shape index (κ2) is 4.41. The molecule has 0 aromatic heterocycles. The smallest absolute Gasteiger partial charge is 0.134 e. The summed E-state index contributed by atoms with van der Waals surface area (Å²) in [6, 6.07) is 20.7. The Morgan fingerprint density at radius 2 is 1.17 bits per heavy atom. The van der Waals surface area contributed by atoms with Crippen molar-refractivity contribution in [1.82, 2.24) is 0 Å². The van der Waals surface area contributed by atoms with E-state index in [1.807, 2.05) is 36.4 Å². The van der Waals surface area contributed by atoms with Crippen molar-refractivity contribution in [3.63, 3.8) is 0 Å². The Bertz CT molecular complexity index is 499. The fourth-order valence-electron chi connectivity index (χ4n) is 3.00. The monoisotopic (exact) mass is 236 g/mol. The average molecular weight is 236 g/mol. The van der Waals surface area contributed by atoms with Gasteiger partial charge in [0, 0.05) is 17.8 Å². The van der Waals surface area contributed by atoms with E-state index in [0.717, 1.165) is 0 Å². The predicted molar refractivity (Wildman–Crippen MR) is 72.5 cm³/mol. The summed E-state index contributed by atoms with van der Waals surface area (Å²) in [6.07, 6.45) is 0. The number of carbonyl (C=O) groups is 1. The van der Waals surface area contributed by atoms with Crippen LogP contribution in [-0.4, -0.2) is 5.78 Å². The third kappa shape index (κ3) is 1.86. The number of benzene rings is 2. The van der Waals surface area contributed by atoms with E-state index in [1.165, 1.54) is 11.1 Å². The van der Waals surface area contributed by atoms with Gasteiger partial charge in [0.15, 0.2) is 0 Å².